The quantitative estimate of drug-likeness (QED) is 0.691. The first kappa shape index (κ1) is 15.1. The lowest BCUT2D eigenvalue weighted by atomic mass is 10.1. The standard InChI is InChI=1S/C16H13F2N3O2/c1-2-23-16(22)11-9-19-21-13(10-6-4-3-5-7-10)8-12(14(17)18)20-15(11)21/h3-9,14H,2H2,1H3. The zero-order valence-corrected chi connectivity index (χ0v) is 12.2. The van der Waals surface area contributed by atoms with E-state index < -0.39 is 18.1 Å². The van der Waals surface area contributed by atoms with Crippen LogP contribution < -0.4 is 0 Å². The van der Waals surface area contributed by atoms with Gasteiger partial charge in [-0.1, -0.05) is 30.3 Å². The van der Waals surface area contributed by atoms with Crippen LogP contribution in [0.5, 0.6) is 0 Å². The fourth-order valence-electron chi connectivity index (χ4n) is 2.26. The summed E-state index contributed by atoms with van der Waals surface area (Å²) in [6.07, 6.45) is -1.48. The Balaban J connectivity index is 2.26. The predicted molar refractivity (Wildman–Crippen MR) is 79.3 cm³/mol. The van der Waals surface area contributed by atoms with Gasteiger partial charge in [-0.25, -0.2) is 23.1 Å². The van der Waals surface area contributed by atoms with Crippen LogP contribution in [-0.2, 0) is 4.74 Å². The molecule has 2 heterocycles. The van der Waals surface area contributed by atoms with Crippen LogP contribution in [-0.4, -0.2) is 27.2 Å². The van der Waals surface area contributed by atoms with Crippen molar-refractivity contribution in [3.63, 3.8) is 0 Å². The molecule has 0 atom stereocenters. The molecule has 1 aromatic carbocycles. The Morgan fingerprint density at radius 1 is 1.30 bits per heavy atom. The Labute approximate surface area is 130 Å². The molecule has 0 fully saturated rings. The van der Waals surface area contributed by atoms with Crippen molar-refractivity contribution in [2.45, 2.75) is 13.3 Å². The van der Waals surface area contributed by atoms with E-state index in [-0.39, 0.29) is 17.8 Å². The van der Waals surface area contributed by atoms with E-state index in [9.17, 15) is 13.6 Å². The van der Waals surface area contributed by atoms with Crippen molar-refractivity contribution in [1.82, 2.24) is 14.6 Å². The maximum atomic E-state index is 13.2. The van der Waals surface area contributed by atoms with E-state index in [0.717, 1.165) is 0 Å². The number of carbonyl (C=O) groups is 1. The normalized spacial score (nSPS) is 11.1. The summed E-state index contributed by atoms with van der Waals surface area (Å²) in [5, 5.41) is 4.11. The smallest absolute Gasteiger partial charge is 0.343 e. The van der Waals surface area contributed by atoms with Crippen molar-refractivity contribution >= 4 is 11.6 Å². The SMILES string of the molecule is CCOC(=O)c1cnn2c(-c3ccccc3)cc(C(F)F)nc12. The second-order valence-electron chi connectivity index (χ2n) is 4.75. The van der Waals surface area contributed by atoms with E-state index in [0.29, 0.717) is 11.3 Å². The zero-order chi connectivity index (χ0) is 16.4. The summed E-state index contributed by atoms with van der Waals surface area (Å²) in [6, 6.07) is 10.2. The van der Waals surface area contributed by atoms with Gasteiger partial charge in [0.15, 0.2) is 5.65 Å². The van der Waals surface area contributed by atoms with Gasteiger partial charge in [0.1, 0.15) is 11.3 Å². The van der Waals surface area contributed by atoms with Crippen LogP contribution in [0.1, 0.15) is 29.4 Å². The summed E-state index contributed by atoms with van der Waals surface area (Å²) in [5.41, 5.74) is 0.829. The van der Waals surface area contributed by atoms with Crippen LogP contribution in [0.4, 0.5) is 8.78 Å². The minimum atomic E-state index is -2.76. The van der Waals surface area contributed by atoms with Crippen molar-refractivity contribution in [3.05, 3.63) is 53.9 Å². The molecule has 3 rings (SSSR count). The van der Waals surface area contributed by atoms with Crippen LogP contribution in [0.25, 0.3) is 16.9 Å². The van der Waals surface area contributed by atoms with Crippen molar-refractivity contribution < 1.29 is 18.3 Å². The topological polar surface area (TPSA) is 56.5 Å². The second kappa shape index (κ2) is 6.12. The van der Waals surface area contributed by atoms with Gasteiger partial charge in [0.25, 0.3) is 6.43 Å². The zero-order valence-electron chi connectivity index (χ0n) is 12.2. The van der Waals surface area contributed by atoms with Gasteiger partial charge in [0.2, 0.25) is 0 Å². The van der Waals surface area contributed by atoms with Crippen LogP contribution in [0, 0.1) is 0 Å². The summed E-state index contributed by atoms with van der Waals surface area (Å²) in [6.45, 7) is 1.84. The molecule has 0 unspecified atom stereocenters. The lowest BCUT2D eigenvalue weighted by Crippen LogP contribution is -2.07. The fourth-order valence-corrected chi connectivity index (χ4v) is 2.26. The summed E-state index contributed by atoms with van der Waals surface area (Å²) in [7, 11) is 0. The van der Waals surface area contributed by atoms with Crippen LogP contribution >= 0.6 is 0 Å². The van der Waals surface area contributed by atoms with Crippen LogP contribution in [0.15, 0.2) is 42.6 Å². The van der Waals surface area contributed by atoms with E-state index in [4.69, 9.17) is 4.74 Å². The molecule has 0 aliphatic rings. The number of alkyl halides is 2. The number of esters is 1. The number of benzene rings is 1. The van der Waals surface area contributed by atoms with Gasteiger partial charge in [0, 0.05) is 5.56 Å². The molecule has 0 radical (unpaired) electrons. The van der Waals surface area contributed by atoms with Gasteiger partial charge >= 0.3 is 5.97 Å². The molecule has 0 N–H and O–H groups in total. The van der Waals surface area contributed by atoms with E-state index in [1.165, 1.54) is 16.8 Å². The number of hydrogen-bond donors (Lipinski definition) is 0. The Bertz CT molecular complexity index is 847. The third-order valence-electron chi connectivity index (χ3n) is 3.28. The highest BCUT2D eigenvalue weighted by Crippen LogP contribution is 2.26. The number of fused-ring (bicyclic) bond motifs is 1. The first-order chi connectivity index (χ1) is 11.1. The molecular formula is C16H13F2N3O2. The highest BCUT2D eigenvalue weighted by molar-refractivity contribution is 5.96. The number of aromatic nitrogens is 3. The molecular weight excluding hydrogens is 304 g/mol. The molecule has 3 aromatic rings. The Hall–Kier alpha value is -2.83. The number of nitrogens with zero attached hydrogens (tertiary/aromatic N) is 3. The van der Waals surface area contributed by atoms with Crippen molar-refractivity contribution in [2.24, 2.45) is 0 Å². The van der Waals surface area contributed by atoms with E-state index in [1.54, 1.807) is 31.2 Å². The molecule has 23 heavy (non-hydrogen) atoms. The van der Waals surface area contributed by atoms with Crippen molar-refractivity contribution in [1.29, 1.82) is 0 Å². The van der Waals surface area contributed by atoms with Crippen molar-refractivity contribution in [3.8, 4) is 11.3 Å². The Kier molecular flexibility index (Phi) is 4.01. The third-order valence-corrected chi connectivity index (χ3v) is 3.28. The minimum Gasteiger partial charge on any atom is -0.462 e. The van der Waals surface area contributed by atoms with Crippen molar-refractivity contribution in [2.75, 3.05) is 6.61 Å². The summed E-state index contributed by atoms with van der Waals surface area (Å²) < 4.78 is 32.6. The number of ether oxygens (including phenoxy) is 1. The number of halogens is 2. The average Bonchev–Trinajstić information content (AvgIpc) is 2.99. The first-order valence-corrected chi connectivity index (χ1v) is 7.01. The molecule has 0 bridgehead atoms. The summed E-state index contributed by atoms with van der Waals surface area (Å²) >= 11 is 0. The molecule has 2 aromatic heterocycles. The molecule has 0 aliphatic carbocycles. The van der Waals surface area contributed by atoms with Crippen LogP contribution in [0.2, 0.25) is 0 Å². The van der Waals surface area contributed by atoms with Gasteiger partial charge in [-0.05, 0) is 13.0 Å². The lowest BCUT2D eigenvalue weighted by Gasteiger charge is -2.08. The summed E-state index contributed by atoms with van der Waals surface area (Å²) in [4.78, 5) is 15.8. The predicted octanol–water partition coefficient (Wildman–Crippen LogP) is 3.51. The minimum absolute atomic E-state index is 0.0557. The highest BCUT2D eigenvalue weighted by Gasteiger charge is 2.21. The largest absolute Gasteiger partial charge is 0.462 e. The fraction of sp³-hybridized carbons (Fsp3) is 0.188. The second-order valence-corrected chi connectivity index (χ2v) is 4.75. The number of hydrogen-bond acceptors (Lipinski definition) is 4. The third kappa shape index (κ3) is 2.77. The molecule has 7 heteroatoms. The highest BCUT2D eigenvalue weighted by atomic mass is 19.3. The molecule has 0 spiro atoms. The Morgan fingerprint density at radius 2 is 2.04 bits per heavy atom. The van der Waals surface area contributed by atoms with Gasteiger partial charge < -0.3 is 4.74 Å². The number of rotatable bonds is 4. The maximum Gasteiger partial charge on any atom is 0.343 e. The Morgan fingerprint density at radius 3 is 2.70 bits per heavy atom. The average molecular weight is 317 g/mol. The van der Waals surface area contributed by atoms with Crippen LogP contribution in [0.3, 0.4) is 0 Å². The molecule has 118 valence electrons. The summed E-state index contributed by atoms with van der Waals surface area (Å²) in [5.74, 6) is -0.638. The van der Waals surface area contributed by atoms with E-state index in [1.807, 2.05) is 6.07 Å². The number of carbonyl (C=O) groups excluding carboxylic acids is 1. The van der Waals surface area contributed by atoms with E-state index in [2.05, 4.69) is 10.1 Å². The maximum absolute atomic E-state index is 13.2. The van der Waals surface area contributed by atoms with Gasteiger partial charge in [0.05, 0.1) is 18.5 Å². The molecule has 0 saturated heterocycles. The van der Waals surface area contributed by atoms with E-state index >= 15 is 0 Å². The molecule has 0 amide bonds. The van der Waals surface area contributed by atoms with Gasteiger partial charge in [-0.15, -0.1) is 0 Å². The lowest BCUT2D eigenvalue weighted by molar-refractivity contribution is 0.0528. The van der Waals surface area contributed by atoms with Gasteiger partial charge in [-0.3, -0.25) is 0 Å². The monoisotopic (exact) mass is 317 g/mol. The first-order valence-electron chi connectivity index (χ1n) is 7.01. The molecule has 5 nitrogen and oxygen atoms in total. The van der Waals surface area contributed by atoms with Gasteiger partial charge in [-0.2, -0.15) is 5.10 Å². The molecule has 0 aliphatic heterocycles. The molecule has 0 saturated carbocycles.